The molecule has 0 aliphatic rings. The van der Waals surface area contributed by atoms with E-state index in [1.54, 1.807) is 12.3 Å². The molecule has 0 radical (unpaired) electrons. The van der Waals surface area contributed by atoms with Crippen LogP contribution in [0.5, 0.6) is 11.6 Å². The summed E-state index contributed by atoms with van der Waals surface area (Å²) in [4.78, 5) is 4.15. The van der Waals surface area contributed by atoms with Gasteiger partial charge < -0.3 is 15.6 Å². The van der Waals surface area contributed by atoms with Gasteiger partial charge in [-0.2, -0.15) is 0 Å². The Morgan fingerprint density at radius 3 is 2.61 bits per heavy atom. The van der Waals surface area contributed by atoms with E-state index in [0.29, 0.717) is 23.7 Å². The predicted octanol–water partition coefficient (Wildman–Crippen LogP) is 2.30. The van der Waals surface area contributed by atoms with Crippen LogP contribution in [0.1, 0.15) is 11.1 Å². The average Bonchev–Trinajstić information content (AvgIpc) is 2.37. The first-order valence-corrected chi connectivity index (χ1v) is 5.79. The first-order valence-electron chi connectivity index (χ1n) is 5.79. The van der Waals surface area contributed by atoms with E-state index >= 15 is 0 Å². The zero-order valence-electron chi connectivity index (χ0n) is 10.3. The van der Waals surface area contributed by atoms with Crippen LogP contribution in [0.3, 0.4) is 0 Å². The Kier molecular flexibility index (Phi) is 3.79. The van der Waals surface area contributed by atoms with E-state index in [1.165, 1.54) is 0 Å². The van der Waals surface area contributed by atoms with Crippen molar-refractivity contribution >= 4 is 5.69 Å². The number of aliphatic hydroxyl groups is 1. The van der Waals surface area contributed by atoms with Gasteiger partial charge in [-0.1, -0.05) is 12.1 Å². The van der Waals surface area contributed by atoms with Gasteiger partial charge in [0.15, 0.2) is 0 Å². The van der Waals surface area contributed by atoms with Gasteiger partial charge in [-0.25, -0.2) is 4.98 Å². The summed E-state index contributed by atoms with van der Waals surface area (Å²) in [5, 5.41) is 8.83. The van der Waals surface area contributed by atoms with E-state index in [1.807, 2.05) is 31.2 Å². The molecule has 1 aromatic heterocycles. The number of hydrogen-bond donors (Lipinski definition) is 2. The molecule has 0 amide bonds. The van der Waals surface area contributed by atoms with Crippen molar-refractivity contribution in [1.82, 2.24) is 4.98 Å². The van der Waals surface area contributed by atoms with Crippen molar-refractivity contribution in [2.45, 2.75) is 13.3 Å². The maximum absolute atomic E-state index is 8.83. The number of aryl methyl sites for hydroxylation is 1. The lowest BCUT2D eigenvalue weighted by molar-refractivity contribution is 0.299. The number of aliphatic hydroxyl groups excluding tert-OH is 1. The second-order valence-electron chi connectivity index (χ2n) is 4.10. The van der Waals surface area contributed by atoms with Gasteiger partial charge in [-0.3, -0.25) is 0 Å². The lowest BCUT2D eigenvalue weighted by Crippen LogP contribution is -1.94. The monoisotopic (exact) mass is 244 g/mol. The highest BCUT2D eigenvalue weighted by Crippen LogP contribution is 2.22. The first-order chi connectivity index (χ1) is 8.69. The number of ether oxygens (including phenoxy) is 1. The molecule has 94 valence electrons. The molecule has 0 aliphatic carbocycles. The van der Waals surface area contributed by atoms with Gasteiger partial charge in [0.25, 0.3) is 0 Å². The number of rotatable bonds is 4. The van der Waals surface area contributed by atoms with Crippen molar-refractivity contribution in [2.75, 3.05) is 12.3 Å². The van der Waals surface area contributed by atoms with E-state index < -0.39 is 0 Å². The second kappa shape index (κ2) is 5.51. The Labute approximate surface area is 106 Å². The Morgan fingerprint density at radius 1 is 1.28 bits per heavy atom. The summed E-state index contributed by atoms with van der Waals surface area (Å²) in [6.45, 7) is 2.05. The van der Waals surface area contributed by atoms with Gasteiger partial charge in [0.05, 0.1) is 0 Å². The number of anilines is 1. The highest BCUT2D eigenvalue weighted by molar-refractivity contribution is 5.47. The van der Waals surface area contributed by atoms with Crippen molar-refractivity contribution in [1.29, 1.82) is 0 Å². The van der Waals surface area contributed by atoms with Gasteiger partial charge in [-0.15, -0.1) is 0 Å². The fourth-order valence-corrected chi connectivity index (χ4v) is 1.55. The van der Waals surface area contributed by atoms with E-state index in [-0.39, 0.29) is 6.61 Å². The van der Waals surface area contributed by atoms with E-state index in [9.17, 15) is 0 Å². The van der Waals surface area contributed by atoms with Crippen molar-refractivity contribution in [3.8, 4) is 11.6 Å². The normalized spacial score (nSPS) is 10.3. The lowest BCUT2D eigenvalue weighted by Gasteiger charge is -2.07. The van der Waals surface area contributed by atoms with Gasteiger partial charge in [0.1, 0.15) is 5.75 Å². The van der Waals surface area contributed by atoms with Crippen molar-refractivity contribution in [3.05, 3.63) is 47.7 Å². The maximum atomic E-state index is 8.83. The number of nitrogens with zero attached hydrogens (tertiary/aromatic N) is 1. The van der Waals surface area contributed by atoms with Crippen LogP contribution in [-0.2, 0) is 6.42 Å². The summed E-state index contributed by atoms with van der Waals surface area (Å²) in [5.41, 5.74) is 8.46. The SMILES string of the molecule is Cc1cnc(Oc2ccc(CCO)cc2)cc1N. The fraction of sp³-hybridized carbons (Fsp3) is 0.214. The largest absolute Gasteiger partial charge is 0.439 e. The van der Waals surface area contributed by atoms with Crippen LogP contribution in [0.4, 0.5) is 5.69 Å². The number of pyridine rings is 1. The highest BCUT2D eigenvalue weighted by atomic mass is 16.5. The number of hydrogen-bond acceptors (Lipinski definition) is 4. The molecule has 0 unspecified atom stereocenters. The number of aromatic nitrogens is 1. The Morgan fingerprint density at radius 2 is 2.00 bits per heavy atom. The van der Waals surface area contributed by atoms with E-state index in [0.717, 1.165) is 11.1 Å². The Hall–Kier alpha value is -2.07. The topological polar surface area (TPSA) is 68.4 Å². The van der Waals surface area contributed by atoms with Gasteiger partial charge >= 0.3 is 0 Å². The zero-order chi connectivity index (χ0) is 13.0. The third kappa shape index (κ3) is 2.99. The molecule has 18 heavy (non-hydrogen) atoms. The van der Waals surface area contributed by atoms with Gasteiger partial charge in [0.2, 0.25) is 5.88 Å². The van der Waals surface area contributed by atoms with Gasteiger partial charge in [0, 0.05) is 24.6 Å². The molecule has 0 aliphatic heterocycles. The van der Waals surface area contributed by atoms with Crippen LogP contribution in [0.15, 0.2) is 36.5 Å². The summed E-state index contributed by atoms with van der Waals surface area (Å²) in [7, 11) is 0. The predicted molar refractivity (Wildman–Crippen MR) is 70.7 cm³/mol. The van der Waals surface area contributed by atoms with Crippen molar-refractivity contribution in [2.24, 2.45) is 0 Å². The zero-order valence-corrected chi connectivity index (χ0v) is 10.3. The molecule has 4 nitrogen and oxygen atoms in total. The third-order valence-corrected chi connectivity index (χ3v) is 2.67. The minimum absolute atomic E-state index is 0.149. The molecule has 2 rings (SSSR count). The summed E-state index contributed by atoms with van der Waals surface area (Å²) in [5.74, 6) is 1.18. The number of nitrogen functional groups attached to an aromatic ring is 1. The summed E-state index contributed by atoms with van der Waals surface area (Å²) >= 11 is 0. The number of nitrogens with two attached hydrogens (primary N) is 1. The van der Waals surface area contributed by atoms with Crippen LogP contribution in [0.25, 0.3) is 0 Å². The molecule has 0 spiro atoms. The molecule has 1 aromatic carbocycles. The van der Waals surface area contributed by atoms with Crippen molar-refractivity contribution < 1.29 is 9.84 Å². The molecule has 3 N–H and O–H groups in total. The lowest BCUT2D eigenvalue weighted by atomic mass is 10.1. The molecule has 2 aromatic rings. The molecule has 0 atom stereocenters. The van der Waals surface area contributed by atoms with Crippen LogP contribution in [-0.4, -0.2) is 16.7 Å². The minimum atomic E-state index is 0.149. The highest BCUT2D eigenvalue weighted by Gasteiger charge is 2.01. The summed E-state index contributed by atoms with van der Waals surface area (Å²) < 4.78 is 5.59. The summed E-state index contributed by atoms with van der Waals surface area (Å²) in [6.07, 6.45) is 2.33. The summed E-state index contributed by atoms with van der Waals surface area (Å²) in [6, 6.07) is 9.24. The minimum Gasteiger partial charge on any atom is -0.439 e. The molecule has 0 fully saturated rings. The molecule has 0 saturated heterocycles. The smallest absolute Gasteiger partial charge is 0.221 e. The van der Waals surface area contributed by atoms with Crippen LogP contribution in [0.2, 0.25) is 0 Å². The van der Waals surface area contributed by atoms with E-state index in [4.69, 9.17) is 15.6 Å². The van der Waals surface area contributed by atoms with Gasteiger partial charge in [-0.05, 0) is 36.6 Å². The maximum Gasteiger partial charge on any atom is 0.221 e. The second-order valence-corrected chi connectivity index (χ2v) is 4.10. The fourth-order valence-electron chi connectivity index (χ4n) is 1.55. The third-order valence-electron chi connectivity index (χ3n) is 2.67. The molecular formula is C14H16N2O2. The number of benzene rings is 1. The molecule has 0 bridgehead atoms. The Bertz CT molecular complexity index is 524. The quantitative estimate of drug-likeness (QED) is 0.866. The molecule has 0 saturated carbocycles. The van der Waals surface area contributed by atoms with Crippen LogP contribution in [0, 0.1) is 6.92 Å². The molecular weight excluding hydrogens is 228 g/mol. The standard InChI is InChI=1S/C14H16N2O2/c1-10-9-16-14(8-13(10)15)18-12-4-2-11(3-5-12)6-7-17/h2-5,8-9,17H,6-7H2,1H3,(H2,15,16). The Balaban J connectivity index is 2.10. The molecule has 4 heteroatoms. The van der Waals surface area contributed by atoms with Crippen LogP contribution >= 0.6 is 0 Å². The van der Waals surface area contributed by atoms with Crippen LogP contribution < -0.4 is 10.5 Å². The first kappa shape index (κ1) is 12.4. The van der Waals surface area contributed by atoms with Crippen molar-refractivity contribution in [3.63, 3.8) is 0 Å². The average molecular weight is 244 g/mol. The molecule has 1 heterocycles. The van der Waals surface area contributed by atoms with E-state index in [2.05, 4.69) is 4.98 Å².